The van der Waals surface area contributed by atoms with Gasteiger partial charge in [-0.2, -0.15) is 0 Å². The molecule has 2 nitrogen and oxygen atoms in total. The van der Waals surface area contributed by atoms with Gasteiger partial charge in [0.2, 0.25) is 5.71 Å². The Kier molecular flexibility index (Phi) is 1.65. The zero-order valence-electron chi connectivity index (χ0n) is 8.16. The predicted molar refractivity (Wildman–Crippen MR) is 52.7 cm³/mol. The number of rotatable bonds is 0. The third kappa shape index (κ3) is 1.44. The van der Waals surface area contributed by atoms with Crippen molar-refractivity contribution in [3.8, 4) is 0 Å². The molecule has 2 aromatic heterocycles. The van der Waals surface area contributed by atoms with Crippen molar-refractivity contribution in [1.29, 1.82) is 0 Å². The number of fused-ring (bicyclic) bond motifs is 1. The maximum absolute atomic E-state index is 5.24. The summed E-state index contributed by atoms with van der Waals surface area (Å²) >= 11 is 0. The van der Waals surface area contributed by atoms with Gasteiger partial charge in [-0.25, -0.2) is 4.98 Å². The molecule has 0 bridgehead atoms. The van der Waals surface area contributed by atoms with E-state index in [-0.39, 0.29) is 5.41 Å². The molecule has 2 heteroatoms. The van der Waals surface area contributed by atoms with Gasteiger partial charge in [-0.3, -0.25) is 0 Å². The minimum absolute atomic E-state index is 0.0843. The van der Waals surface area contributed by atoms with Crippen LogP contribution in [0.4, 0.5) is 0 Å². The normalized spacial score (nSPS) is 12.2. The largest absolute Gasteiger partial charge is 0.446 e. The molecule has 0 N–H and O–H groups in total. The molecule has 0 aliphatic rings. The molecule has 0 aromatic carbocycles. The lowest BCUT2D eigenvalue weighted by atomic mass is 9.91. The summed E-state index contributed by atoms with van der Waals surface area (Å²) in [6, 6.07) is 6.03. The lowest BCUT2D eigenvalue weighted by molar-refractivity contribution is 0.554. The molecule has 0 spiro atoms. The zero-order chi connectivity index (χ0) is 9.47. The van der Waals surface area contributed by atoms with E-state index in [4.69, 9.17) is 4.42 Å². The summed E-state index contributed by atoms with van der Waals surface area (Å²) < 4.78 is 5.24. The first kappa shape index (κ1) is 8.30. The van der Waals surface area contributed by atoms with Crippen LogP contribution in [0, 0.1) is 0 Å². The van der Waals surface area contributed by atoms with Crippen LogP contribution in [0.25, 0.3) is 11.1 Å². The van der Waals surface area contributed by atoms with E-state index < -0.39 is 0 Å². The van der Waals surface area contributed by atoms with E-state index in [1.54, 1.807) is 6.26 Å². The molecule has 0 aliphatic heterocycles. The van der Waals surface area contributed by atoms with E-state index in [0.717, 1.165) is 16.8 Å². The van der Waals surface area contributed by atoms with Crippen LogP contribution in [0.2, 0.25) is 0 Å². The lowest BCUT2D eigenvalue weighted by Crippen LogP contribution is -2.12. The Bertz CT molecular complexity index is 423. The summed E-state index contributed by atoms with van der Waals surface area (Å²) in [6.45, 7) is 6.43. The highest BCUT2D eigenvalue weighted by Gasteiger charge is 2.15. The number of hydrogen-bond donors (Lipinski definition) is 0. The molecule has 0 aliphatic carbocycles. The van der Waals surface area contributed by atoms with E-state index in [1.807, 2.05) is 12.1 Å². The molecular weight excluding hydrogens is 162 g/mol. The average Bonchev–Trinajstić information content (AvgIpc) is 2.47. The zero-order valence-corrected chi connectivity index (χ0v) is 8.16. The number of nitrogens with zero attached hydrogens (tertiary/aromatic N) is 1. The molecule has 0 amide bonds. The smallest absolute Gasteiger partial charge is 0.226 e. The minimum atomic E-state index is 0.0843. The molecule has 0 atom stereocenters. The molecule has 68 valence electrons. The van der Waals surface area contributed by atoms with Gasteiger partial charge in [0.1, 0.15) is 0 Å². The molecule has 0 saturated heterocycles. The van der Waals surface area contributed by atoms with Gasteiger partial charge < -0.3 is 4.42 Å². The van der Waals surface area contributed by atoms with Crippen LogP contribution in [0.5, 0.6) is 0 Å². The Morgan fingerprint density at radius 1 is 1.15 bits per heavy atom. The van der Waals surface area contributed by atoms with Crippen molar-refractivity contribution < 1.29 is 4.42 Å². The highest BCUT2D eigenvalue weighted by Crippen LogP contribution is 2.22. The molecule has 0 saturated carbocycles. The Labute approximate surface area is 77.6 Å². The first-order chi connectivity index (χ1) is 6.07. The lowest BCUT2D eigenvalue weighted by Gasteiger charge is -2.16. The van der Waals surface area contributed by atoms with Crippen molar-refractivity contribution in [3.63, 3.8) is 0 Å². The van der Waals surface area contributed by atoms with Crippen LogP contribution < -0.4 is 0 Å². The second kappa shape index (κ2) is 2.59. The van der Waals surface area contributed by atoms with Crippen LogP contribution >= 0.6 is 0 Å². The summed E-state index contributed by atoms with van der Waals surface area (Å²) in [5.41, 5.74) is 1.88. The van der Waals surface area contributed by atoms with E-state index >= 15 is 0 Å². The predicted octanol–water partition coefficient (Wildman–Crippen LogP) is 3.13. The summed E-state index contributed by atoms with van der Waals surface area (Å²) in [7, 11) is 0. The number of aromatic nitrogens is 1. The van der Waals surface area contributed by atoms with Gasteiger partial charge in [0.05, 0.1) is 6.26 Å². The summed E-state index contributed by atoms with van der Waals surface area (Å²) in [5.74, 6) is 0. The Morgan fingerprint density at radius 3 is 2.62 bits per heavy atom. The molecule has 2 aromatic rings. The van der Waals surface area contributed by atoms with Crippen molar-refractivity contribution in [2.24, 2.45) is 0 Å². The maximum atomic E-state index is 5.24. The first-order valence-corrected chi connectivity index (χ1v) is 4.42. The minimum Gasteiger partial charge on any atom is -0.446 e. The SMILES string of the molecule is CC(C)(C)c1ccc2ccoc2n1. The molecule has 0 radical (unpaired) electrons. The van der Waals surface area contributed by atoms with E-state index in [2.05, 4.69) is 31.8 Å². The fourth-order valence-corrected chi connectivity index (χ4v) is 1.26. The number of hydrogen-bond acceptors (Lipinski definition) is 2. The van der Waals surface area contributed by atoms with Crippen LogP contribution in [-0.2, 0) is 5.41 Å². The highest BCUT2D eigenvalue weighted by molar-refractivity contribution is 5.73. The van der Waals surface area contributed by atoms with Crippen LogP contribution in [0.1, 0.15) is 26.5 Å². The van der Waals surface area contributed by atoms with Gasteiger partial charge >= 0.3 is 0 Å². The summed E-state index contributed by atoms with van der Waals surface area (Å²) in [4.78, 5) is 4.44. The number of furan rings is 1. The Hall–Kier alpha value is -1.31. The van der Waals surface area contributed by atoms with Gasteiger partial charge in [0, 0.05) is 16.5 Å². The van der Waals surface area contributed by atoms with Crippen LogP contribution in [-0.4, -0.2) is 4.98 Å². The first-order valence-electron chi connectivity index (χ1n) is 4.42. The fourth-order valence-electron chi connectivity index (χ4n) is 1.26. The van der Waals surface area contributed by atoms with Gasteiger partial charge in [0.25, 0.3) is 0 Å². The van der Waals surface area contributed by atoms with Crippen LogP contribution in [0.3, 0.4) is 0 Å². The molecule has 0 fully saturated rings. The average molecular weight is 175 g/mol. The summed E-state index contributed by atoms with van der Waals surface area (Å²) in [6.07, 6.45) is 1.67. The second-order valence-electron chi connectivity index (χ2n) is 4.26. The molecule has 2 heterocycles. The monoisotopic (exact) mass is 175 g/mol. The van der Waals surface area contributed by atoms with Gasteiger partial charge in [-0.1, -0.05) is 20.8 Å². The molecule has 13 heavy (non-hydrogen) atoms. The Morgan fingerprint density at radius 2 is 1.92 bits per heavy atom. The van der Waals surface area contributed by atoms with E-state index in [9.17, 15) is 0 Å². The van der Waals surface area contributed by atoms with Gasteiger partial charge in [-0.15, -0.1) is 0 Å². The third-order valence-electron chi connectivity index (χ3n) is 2.09. The Balaban J connectivity index is 2.61. The fraction of sp³-hybridized carbons (Fsp3) is 0.364. The van der Waals surface area contributed by atoms with Gasteiger partial charge in [0.15, 0.2) is 0 Å². The maximum Gasteiger partial charge on any atom is 0.226 e. The van der Waals surface area contributed by atoms with Crippen molar-refractivity contribution in [3.05, 3.63) is 30.2 Å². The van der Waals surface area contributed by atoms with Crippen molar-refractivity contribution in [2.75, 3.05) is 0 Å². The summed E-state index contributed by atoms with van der Waals surface area (Å²) in [5, 5.41) is 1.06. The topological polar surface area (TPSA) is 26.0 Å². The van der Waals surface area contributed by atoms with E-state index in [0.29, 0.717) is 0 Å². The van der Waals surface area contributed by atoms with Crippen molar-refractivity contribution in [2.45, 2.75) is 26.2 Å². The quantitative estimate of drug-likeness (QED) is 0.614. The van der Waals surface area contributed by atoms with E-state index in [1.165, 1.54) is 0 Å². The molecule has 2 rings (SSSR count). The van der Waals surface area contributed by atoms with Crippen molar-refractivity contribution in [1.82, 2.24) is 4.98 Å². The highest BCUT2D eigenvalue weighted by atomic mass is 16.3. The van der Waals surface area contributed by atoms with Gasteiger partial charge in [-0.05, 0) is 18.2 Å². The van der Waals surface area contributed by atoms with Crippen molar-refractivity contribution >= 4 is 11.1 Å². The molecule has 0 unspecified atom stereocenters. The van der Waals surface area contributed by atoms with Crippen LogP contribution in [0.15, 0.2) is 28.9 Å². The third-order valence-corrected chi connectivity index (χ3v) is 2.09. The standard InChI is InChI=1S/C11H13NO/c1-11(2,3)9-5-4-8-6-7-13-10(8)12-9/h4-7H,1-3H3. The molecular formula is C11H13NO. The number of pyridine rings is 1. The second-order valence-corrected chi connectivity index (χ2v) is 4.26.